The van der Waals surface area contributed by atoms with Crippen molar-refractivity contribution < 1.29 is 4.79 Å². The van der Waals surface area contributed by atoms with Crippen molar-refractivity contribution in [2.45, 2.75) is 0 Å². The fourth-order valence-electron chi connectivity index (χ4n) is 1.47. The van der Waals surface area contributed by atoms with Crippen LogP contribution in [0.3, 0.4) is 0 Å². The third-order valence-corrected chi connectivity index (χ3v) is 3.68. The largest absolute Gasteiger partial charge is 0.398 e. The van der Waals surface area contributed by atoms with Gasteiger partial charge in [0.2, 0.25) is 0 Å². The van der Waals surface area contributed by atoms with Crippen molar-refractivity contribution >= 4 is 56.4 Å². The Balaban J connectivity index is 2.25. The van der Waals surface area contributed by atoms with Crippen LogP contribution in [0.5, 0.6) is 0 Å². The molecule has 0 fully saturated rings. The minimum Gasteiger partial charge on any atom is -0.398 e. The van der Waals surface area contributed by atoms with Gasteiger partial charge in [0.15, 0.2) is 0 Å². The molecule has 0 saturated carbocycles. The topological polar surface area (TPSA) is 55.1 Å². The van der Waals surface area contributed by atoms with Crippen molar-refractivity contribution in [2.24, 2.45) is 0 Å². The van der Waals surface area contributed by atoms with E-state index in [-0.39, 0.29) is 5.91 Å². The molecule has 0 saturated heterocycles. The Morgan fingerprint density at radius 1 is 1.16 bits per heavy atom. The number of benzene rings is 2. The maximum atomic E-state index is 12.1. The highest BCUT2D eigenvalue weighted by molar-refractivity contribution is 9.10. The van der Waals surface area contributed by atoms with E-state index >= 15 is 0 Å². The number of carbonyl (C=O) groups is 1. The van der Waals surface area contributed by atoms with Crippen molar-refractivity contribution in [3.8, 4) is 0 Å². The van der Waals surface area contributed by atoms with Gasteiger partial charge in [0.05, 0.1) is 10.6 Å². The van der Waals surface area contributed by atoms with Gasteiger partial charge in [-0.25, -0.2) is 0 Å². The molecule has 0 bridgehead atoms. The molecule has 0 unspecified atom stereocenters. The molecule has 0 heterocycles. The highest BCUT2D eigenvalue weighted by Gasteiger charge is 2.11. The predicted octanol–water partition coefficient (Wildman–Crippen LogP) is 4.59. The number of nitrogens with two attached hydrogens (primary N) is 1. The first-order valence-corrected chi connectivity index (χ1v) is 6.83. The first kappa shape index (κ1) is 14.2. The minimum absolute atomic E-state index is 0.321. The molecule has 0 radical (unpaired) electrons. The smallest absolute Gasteiger partial charge is 0.257 e. The summed E-state index contributed by atoms with van der Waals surface area (Å²) in [6, 6.07) is 9.84. The summed E-state index contributed by atoms with van der Waals surface area (Å²) < 4.78 is 0.711. The summed E-state index contributed by atoms with van der Waals surface area (Å²) in [6.45, 7) is 0. The molecular formula is C13H9BrCl2N2O. The number of nitrogen functional groups attached to an aromatic ring is 1. The molecule has 2 rings (SSSR count). The second-order valence-electron chi connectivity index (χ2n) is 3.81. The Bertz CT molecular complexity index is 647. The van der Waals surface area contributed by atoms with Crippen LogP contribution in [0.4, 0.5) is 11.4 Å². The summed E-state index contributed by atoms with van der Waals surface area (Å²) in [7, 11) is 0. The van der Waals surface area contributed by atoms with Crippen LogP contribution >= 0.6 is 39.1 Å². The summed E-state index contributed by atoms with van der Waals surface area (Å²) in [5.74, 6) is -0.329. The second kappa shape index (κ2) is 5.82. The summed E-state index contributed by atoms with van der Waals surface area (Å²) in [4.78, 5) is 12.1. The second-order valence-corrected chi connectivity index (χ2v) is 5.51. The fourth-order valence-corrected chi connectivity index (χ4v) is 2.23. The van der Waals surface area contributed by atoms with E-state index in [1.165, 1.54) is 6.07 Å². The van der Waals surface area contributed by atoms with Crippen molar-refractivity contribution in [1.29, 1.82) is 0 Å². The zero-order chi connectivity index (χ0) is 14.0. The van der Waals surface area contributed by atoms with E-state index < -0.39 is 0 Å². The normalized spacial score (nSPS) is 10.3. The molecule has 2 aromatic carbocycles. The zero-order valence-electron chi connectivity index (χ0n) is 9.58. The highest BCUT2D eigenvalue weighted by atomic mass is 79.9. The molecule has 2 aromatic rings. The monoisotopic (exact) mass is 358 g/mol. The van der Waals surface area contributed by atoms with Gasteiger partial charge in [-0.05, 0) is 52.3 Å². The van der Waals surface area contributed by atoms with Gasteiger partial charge in [0.1, 0.15) is 0 Å². The van der Waals surface area contributed by atoms with E-state index in [0.717, 1.165) is 0 Å². The molecule has 0 spiro atoms. The molecule has 0 aliphatic heterocycles. The molecule has 0 aromatic heterocycles. The molecule has 98 valence electrons. The van der Waals surface area contributed by atoms with Crippen LogP contribution in [-0.4, -0.2) is 5.91 Å². The lowest BCUT2D eigenvalue weighted by molar-refractivity contribution is 0.102. The quantitative estimate of drug-likeness (QED) is 0.770. The Kier molecular flexibility index (Phi) is 4.34. The molecule has 6 heteroatoms. The molecule has 19 heavy (non-hydrogen) atoms. The third kappa shape index (κ3) is 3.41. The number of nitrogens with one attached hydrogen (secondary N) is 1. The zero-order valence-corrected chi connectivity index (χ0v) is 12.7. The Hall–Kier alpha value is -1.23. The van der Waals surface area contributed by atoms with E-state index in [2.05, 4.69) is 21.2 Å². The van der Waals surface area contributed by atoms with E-state index in [1.807, 2.05) is 0 Å². The number of anilines is 2. The van der Waals surface area contributed by atoms with Gasteiger partial charge in [-0.15, -0.1) is 0 Å². The number of halogens is 3. The van der Waals surface area contributed by atoms with Gasteiger partial charge >= 0.3 is 0 Å². The summed E-state index contributed by atoms with van der Waals surface area (Å²) in [5.41, 5.74) is 7.21. The van der Waals surface area contributed by atoms with Crippen molar-refractivity contribution in [2.75, 3.05) is 11.1 Å². The lowest BCUT2D eigenvalue weighted by Gasteiger charge is -2.08. The van der Waals surface area contributed by atoms with E-state index in [1.54, 1.807) is 30.3 Å². The lowest BCUT2D eigenvalue weighted by atomic mass is 10.2. The number of rotatable bonds is 2. The molecular weight excluding hydrogens is 351 g/mol. The van der Waals surface area contributed by atoms with Gasteiger partial charge in [-0.3, -0.25) is 4.79 Å². The minimum atomic E-state index is -0.329. The standard InChI is InChI=1S/C13H9BrCl2N2O/c14-10-6-8(2-4-12(10)17)18-13(19)9-5-7(15)1-3-11(9)16/h1-6H,17H2,(H,18,19). The number of carbonyl (C=O) groups excluding carboxylic acids is 1. The van der Waals surface area contributed by atoms with Crippen LogP contribution in [0, 0.1) is 0 Å². The third-order valence-electron chi connectivity index (χ3n) is 2.43. The maximum absolute atomic E-state index is 12.1. The highest BCUT2D eigenvalue weighted by Crippen LogP contribution is 2.25. The Morgan fingerprint density at radius 3 is 2.58 bits per heavy atom. The number of hydrogen-bond donors (Lipinski definition) is 2. The van der Waals surface area contributed by atoms with E-state index in [4.69, 9.17) is 28.9 Å². The summed E-state index contributed by atoms with van der Waals surface area (Å²) in [5, 5.41) is 3.52. The molecule has 0 aliphatic rings. The van der Waals surface area contributed by atoms with Crippen molar-refractivity contribution in [3.63, 3.8) is 0 Å². The van der Waals surface area contributed by atoms with Gasteiger partial charge in [-0.1, -0.05) is 23.2 Å². The molecule has 3 N–H and O–H groups in total. The fraction of sp³-hybridized carbons (Fsp3) is 0. The lowest BCUT2D eigenvalue weighted by Crippen LogP contribution is -2.12. The van der Waals surface area contributed by atoms with Gasteiger partial charge in [-0.2, -0.15) is 0 Å². The average Bonchev–Trinajstić information content (AvgIpc) is 2.36. The van der Waals surface area contributed by atoms with Gasteiger partial charge in [0.25, 0.3) is 5.91 Å². The summed E-state index contributed by atoms with van der Waals surface area (Å²) >= 11 is 15.1. The average molecular weight is 360 g/mol. The number of amides is 1. The van der Waals surface area contributed by atoms with Crippen LogP contribution in [0.25, 0.3) is 0 Å². The van der Waals surface area contributed by atoms with Crippen molar-refractivity contribution in [1.82, 2.24) is 0 Å². The van der Waals surface area contributed by atoms with Crippen LogP contribution in [0.2, 0.25) is 10.0 Å². The van der Waals surface area contributed by atoms with Crippen LogP contribution in [0.1, 0.15) is 10.4 Å². The van der Waals surface area contributed by atoms with Crippen molar-refractivity contribution in [3.05, 3.63) is 56.5 Å². The Labute approximate surface area is 128 Å². The Morgan fingerprint density at radius 2 is 1.89 bits per heavy atom. The maximum Gasteiger partial charge on any atom is 0.257 e. The van der Waals surface area contributed by atoms with E-state index in [9.17, 15) is 4.79 Å². The van der Waals surface area contributed by atoms with Crippen LogP contribution in [0.15, 0.2) is 40.9 Å². The molecule has 0 atom stereocenters. The van der Waals surface area contributed by atoms with E-state index in [0.29, 0.717) is 31.5 Å². The molecule has 0 aliphatic carbocycles. The molecule has 1 amide bonds. The van der Waals surface area contributed by atoms with Crippen LogP contribution < -0.4 is 11.1 Å². The first-order valence-electron chi connectivity index (χ1n) is 5.29. The predicted molar refractivity (Wildman–Crippen MR) is 83.0 cm³/mol. The van der Waals surface area contributed by atoms with Gasteiger partial charge < -0.3 is 11.1 Å². The molecule has 3 nitrogen and oxygen atoms in total. The number of hydrogen-bond acceptors (Lipinski definition) is 2. The van der Waals surface area contributed by atoms with Gasteiger partial charge in [0, 0.05) is 20.9 Å². The SMILES string of the molecule is Nc1ccc(NC(=O)c2cc(Cl)ccc2Cl)cc1Br. The van der Waals surface area contributed by atoms with Crippen LogP contribution in [-0.2, 0) is 0 Å². The summed E-state index contributed by atoms with van der Waals surface area (Å²) in [6.07, 6.45) is 0. The first-order chi connectivity index (χ1) is 8.97.